The normalized spacial score (nSPS) is 16.6. The molecule has 7 nitrogen and oxygen atoms in total. The van der Waals surface area contributed by atoms with Crippen molar-refractivity contribution in [3.8, 4) is 5.75 Å². The molecule has 0 spiro atoms. The molecule has 1 fully saturated rings. The zero-order valence-corrected chi connectivity index (χ0v) is 16.6. The summed E-state index contributed by atoms with van der Waals surface area (Å²) in [6.45, 7) is 3.55. The summed E-state index contributed by atoms with van der Waals surface area (Å²) in [7, 11) is 3.50. The van der Waals surface area contributed by atoms with Crippen LogP contribution in [0.3, 0.4) is 0 Å². The minimum Gasteiger partial charge on any atom is -0.496 e. The molecule has 0 aliphatic carbocycles. The minimum absolute atomic E-state index is 0. The van der Waals surface area contributed by atoms with Crippen LogP contribution in [0.4, 0.5) is 0 Å². The van der Waals surface area contributed by atoms with Crippen LogP contribution in [0.15, 0.2) is 30.6 Å². The Morgan fingerprint density at radius 2 is 2.15 bits per heavy atom. The van der Waals surface area contributed by atoms with E-state index in [9.17, 15) is 9.59 Å². The Morgan fingerprint density at radius 1 is 1.37 bits per heavy atom. The number of carbonyl (C=O) groups excluding carboxylic acids is 2. The van der Waals surface area contributed by atoms with Crippen LogP contribution < -0.4 is 10.1 Å². The number of Topliss-reactive ketones (excluding diaryl/α,β-unsaturated/α-hetero) is 1. The predicted molar refractivity (Wildman–Crippen MR) is 104 cm³/mol. The van der Waals surface area contributed by atoms with E-state index in [1.165, 1.54) is 6.92 Å². The fraction of sp³-hybridized carbons (Fsp3) is 0.421. The van der Waals surface area contributed by atoms with Gasteiger partial charge >= 0.3 is 0 Å². The fourth-order valence-corrected chi connectivity index (χ4v) is 3.33. The molecule has 27 heavy (non-hydrogen) atoms. The van der Waals surface area contributed by atoms with E-state index in [-0.39, 0.29) is 36.6 Å². The average Bonchev–Trinajstić information content (AvgIpc) is 3.07. The number of aryl methyl sites for hydroxylation is 1. The van der Waals surface area contributed by atoms with Crippen molar-refractivity contribution in [2.75, 3.05) is 26.7 Å². The Labute approximate surface area is 165 Å². The lowest BCUT2D eigenvalue weighted by Gasteiger charge is -2.36. The van der Waals surface area contributed by atoms with Crippen LogP contribution in [-0.2, 0) is 18.3 Å². The number of nitrogens with one attached hydrogen (secondary N) is 1. The molecule has 0 radical (unpaired) electrons. The molecule has 8 heteroatoms. The number of ketones is 1. The molecule has 0 bridgehead atoms. The van der Waals surface area contributed by atoms with Crippen LogP contribution >= 0.6 is 12.4 Å². The molecule has 1 N–H and O–H groups in total. The number of benzene rings is 1. The Morgan fingerprint density at radius 3 is 2.78 bits per heavy atom. The van der Waals surface area contributed by atoms with Crippen LogP contribution in [0.25, 0.3) is 0 Å². The molecule has 1 aliphatic rings. The molecule has 1 atom stereocenters. The first-order valence-electron chi connectivity index (χ1n) is 8.66. The third-order valence-electron chi connectivity index (χ3n) is 4.75. The van der Waals surface area contributed by atoms with Gasteiger partial charge in [-0.05, 0) is 25.1 Å². The van der Waals surface area contributed by atoms with Gasteiger partial charge < -0.3 is 19.5 Å². The van der Waals surface area contributed by atoms with Gasteiger partial charge in [-0.2, -0.15) is 0 Å². The summed E-state index contributed by atoms with van der Waals surface area (Å²) in [5.74, 6) is 1.44. The van der Waals surface area contributed by atoms with E-state index in [1.54, 1.807) is 31.5 Å². The van der Waals surface area contributed by atoms with Crippen LogP contribution in [-0.4, -0.2) is 52.9 Å². The van der Waals surface area contributed by atoms with E-state index in [0.717, 1.165) is 17.9 Å². The second kappa shape index (κ2) is 9.01. The molecule has 3 rings (SSSR count). The third kappa shape index (κ3) is 4.48. The molecule has 2 aromatic rings. The van der Waals surface area contributed by atoms with Crippen molar-refractivity contribution >= 4 is 24.1 Å². The zero-order chi connectivity index (χ0) is 18.7. The Bertz CT molecular complexity index is 821. The van der Waals surface area contributed by atoms with Crippen molar-refractivity contribution in [3.05, 3.63) is 47.5 Å². The smallest absolute Gasteiger partial charge is 0.227 e. The van der Waals surface area contributed by atoms with Gasteiger partial charge in [-0.15, -0.1) is 12.4 Å². The largest absolute Gasteiger partial charge is 0.496 e. The third-order valence-corrected chi connectivity index (χ3v) is 4.75. The number of piperazine rings is 1. The van der Waals surface area contributed by atoms with Crippen molar-refractivity contribution < 1.29 is 14.3 Å². The Kier molecular flexibility index (Phi) is 6.98. The molecule has 1 unspecified atom stereocenters. The lowest BCUT2D eigenvalue weighted by molar-refractivity contribution is -0.134. The van der Waals surface area contributed by atoms with Gasteiger partial charge in [0.15, 0.2) is 5.78 Å². The number of rotatable bonds is 5. The van der Waals surface area contributed by atoms with E-state index in [0.29, 0.717) is 24.4 Å². The SMILES string of the molecule is COc1ccc(C(C)=O)cc1CC(=O)N1CCNCC1c1nccn1C.Cl. The van der Waals surface area contributed by atoms with Gasteiger partial charge in [0.25, 0.3) is 0 Å². The number of hydrogen-bond donors (Lipinski definition) is 1. The Hall–Kier alpha value is -2.38. The number of halogens is 1. The summed E-state index contributed by atoms with van der Waals surface area (Å²) < 4.78 is 7.32. The van der Waals surface area contributed by atoms with Gasteiger partial charge in [0.05, 0.1) is 13.5 Å². The first-order chi connectivity index (χ1) is 12.5. The standard InChI is InChI=1S/C19H24N4O3.ClH/c1-13(24)14-4-5-17(26-3)15(10-14)11-18(25)23-9-6-20-12-16(23)19-21-7-8-22(19)2;/h4-5,7-8,10,16,20H,6,9,11-12H2,1-3H3;1H. The van der Waals surface area contributed by atoms with Crippen molar-refractivity contribution in [2.24, 2.45) is 7.05 Å². The van der Waals surface area contributed by atoms with Gasteiger partial charge in [0.2, 0.25) is 5.91 Å². The Balaban J connectivity index is 0.00000261. The van der Waals surface area contributed by atoms with Gasteiger partial charge in [-0.1, -0.05) is 0 Å². The summed E-state index contributed by atoms with van der Waals surface area (Å²) in [5, 5.41) is 3.33. The van der Waals surface area contributed by atoms with Crippen molar-refractivity contribution in [1.82, 2.24) is 19.8 Å². The van der Waals surface area contributed by atoms with Crippen LogP contribution in [0.5, 0.6) is 5.75 Å². The molecule has 0 saturated carbocycles. The van der Waals surface area contributed by atoms with Gasteiger partial charge in [0, 0.05) is 50.2 Å². The van der Waals surface area contributed by atoms with E-state index in [2.05, 4.69) is 10.3 Å². The van der Waals surface area contributed by atoms with Gasteiger partial charge in [-0.25, -0.2) is 4.98 Å². The number of ether oxygens (including phenoxy) is 1. The van der Waals surface area contributed by atoms with E-state index >= 15 is 0 Å². The molecule has 146 valence electrons. The molecular formula is C19H25ClN4O3. The second-order valence-corrected chi connectivity index (χ2v) is 6.46. The van der Waals surface area contributed by atoms with Crippen LogP contribution in [0, 0.1) is 0 Å². The average molecular weight is 393 g/mol. The number of nitrogens with zero attached hydrogens (tertiary/aromatic N) is 3. The summed E-state index contributed by atoms with van der Waals surface area (Å²) >= 11 is 0. The monoisotopic (exact) mass is 392 g/mol. The maximum Gasteiger partial charge on any atom is 0.227 e. The fourth-order valence-electron chi connectivity index (χ4n) is 3.33. The highest BCUT2D eigenvalue weighted by molar-refractivity contribution is 5.94. The van der Waals surface area contributed by atoms with E-state index in [1.807, 2.05) is 22.7 Å². The lowest BCUT2D eigenvalue weighted by atomic mass is 10.0. The molecule has 1 amide bonds. The first kappa shape index (κ1) is 20.9. The van der Waals surface area contributed by atoms with Crippen molar-refractivity contribution in [2.45, 2.75) is 19.4 Å². The topological polar surface area (TPSA) is 76.5 Å². The van der Waals surface area contributed by atoms with Gasteiger partial charge in [0.1, 0.15) is 17.6 Å². The summed E-state index contributed by atoms with van der Waals surface area (Å²) in [6, 6.07) is 5.10. The molecule has 2 heterocycles. The number of hydrogen-bond acceptors (Lipinski definition) is 5. The molecular weight excluding hydrogens is 368 g/mol. The van der Waals surface area contributed by atoms with Crippen LogP contribution in [0.2, 0.25) is 0 Å². The lowest BCUT2D eigenvalue weighted by Crippen LogP contribution is -2.49. The minimum atomic E-state index is -0.113. The molecule has 1 saturated heterocycles. The highest BCUT2D eigenvalue weighted by Gasteiger charge is 2.30. The summed E-state index contributed by atoms with van der Waals surface area (Å²) in [6.07, 6.45) is 3.81. The zero-order valence-electron chi connectivity index (χ0n) is 15.8. The predicted octanol–water partition coefficient (Wildman–Crippen LogP) is 1.77. The maximum atomic E-state index is 13.1. The quantitative estimate of drug-likeness (QED) is 0.785. The highest BCUT2D eigenvalue weighted by Crippen LogP contribution is 2.25. The van der Waals surface area contributed by atoms with Crippen molar-refractivity contribution in [1.29, 1.82) is 0 Å². The number of amides is 1. The number of methoxy groups -OCH3 is 1. The first-order valence-corrected chi connectivity index (χ1v) is 8.66. The maximum absolute atomic E-state index is 13.1. The summed E-state index contributed by atoms with van der Waals surface area (Å²) in [5.41, 5.74) is 1.30. The van der Waals surface area contributed by atoms with Crippen LogP contribution in [0.1, 0.15) is 34.7 Å². The van der Waals surface area contributed by atoms with E-state index in [4.69, 9.17) is 4.74 Å². The van der Waals surface area contributed by atoms with Gasteiger partial charge in [-0.3, -0.25) is 9.59 Å². The second-order valence-electron chi connectivity index (χ2n) is 6.46. The van der Waals surface area contributed by atoms with Crippen molar-refractivity contribution in [3.63, 3.8) is 0 Å². The van der Waals surface area contributed by atoms with E-state index < -0.39 is 0 Å². The number of aromatic nitrogens is 2. The molecule has 1 aromatic carbocycles. The highest BCUT2D eigenvalue weighted by atomic mass is 35.5. The molecule has 1 aromatic heterocycles. The molecule has 1 aliphatic heterocycles. The summed E-state index contributed by atoms with van der Waals surface area (Å²) in [4.78, 5) is 31.0. The number of imidazole rings is 1. The number of carbonyl (C=O) groups is 2.